The maximum Gasteiger partial charge on any atom is 0.310 e. The Bertz CT molecular complexity index is 1010. The van der Waals surface area contributed by atoms with Crippen LogP contribution in [-0.2, 0) is 9.84 Å². The van der Waals surface area contributed by atoms with Crippen molar-refractivity contribution < 1.29 is 17.7 Å². The van der Waals surface area contributed by atoms with Gasteiger partial charge >= 0.3 is 5.69 Å². The summed E-state index contributed by atoms with van der Waals surface area (Å²) in [5.41, 5.74) is 1.51. The second-order valence-electron chi connectivity index (χ2n) is 7.04. The van der Waals surface area contributed by atoms with E-state index in [1.807, 2.05) is 6.92 Å². The Hall–Kier alpha value is -2.68. The van der Waals surface area contributed by atoms with Gasteiger partial charge in [0.15, 0.2) is 9.84 Å². The predicted octanol–water partition coefficient (Wildman–Crippen LogP) is 3.53. The van der Waals surface area contributed by atoms with Crippen molar-refractivity contribution in [2.24, 2.45) is 0 Å². The van der Waals surface area contributed by atoms with E-state index in [-0.39, 0.29) is 22.4 Å². The van der Waals surface area contributed by atoms with Gasteiger partial charge in [-0.05, 0) is 55.7 Å². The highest BCUT2D eigenvalue weighted by atomic mass is 32.2. The fourth-order valence-corrected chi connectivity index (χ4v) is 4.50. The Balaban J connectivity index is 1.87. The Morgan fingerprint density at radius 3 is 2.68 bits per heavy atom. The Morgan fingerprint density at radius 1 is 1.29 bits per heavy atom. The van der Waals surface area contributed by atoms with Crippen molar-refractivity contribution >= 4 is 26.9 Å². The largest absolute Gasteiger partial charge is 0.375 e. The molecule has 0 amide bonds. The summed E-state index contributed by atoms with van der Waals surface area (Å²) in [6.45, 7) is 3.22. The van der Waals surface area contributed by atoms with E-state index in [0.29, 0.717) is 6.54 Å². The first kappa shape index (κ1) is 20.1. The molecule has 7 nitrogen and oxygen atoms in total. The van der Waals surface area contributed by atoms with Crippen LogP contribution < -0.4 is 10.2 Å². The number of hydrogen-bond donors (Lipinski definition) is 1. The number of nitrogens with one attached hydrogen (secondary N) is 1. The van der Waals surface area contributed by atoms with Crippen molar-refractivity contribution in [1.29, 1.82) is 0 Å². The van der Waals surface area contributed by atoms with Crippen molar-refractivity contribution in [1.82, 2.24) is 0 Å². The zero-order valence-corrected chi connectivity index (χ0v) is 16.5. The van der Waals surface area contributed by atoms with Gasteiger partial charge in [-0.1, -0.05) is 6.07 Å². The number of piperidine rings is 1. The topological polar surface area (TPSA) is 92.6 Å². The van der Waals surface area contributed by atoms with E-state index in [4.69, 9.17) is 0 Å². The van der Waals surface area contributed by atoms with Gasteiger partial charge in [-0.15, -0.1) is 0 Å². The second-order valence-corrected chi connectivity index (χ2v) is 9.03. The van der Waals surface area contributed by atoms with Crippen LogP contribution in [0.1, 0.15) is 18.4 Å². The van der Waals surface area contributed by atoms with Crippen LogP contribution in [-0.4, -0.2) is 38.7 Å². The Kier molecular flexibility index (Phi) is 5.55. The minimum atomic E-state index is -3.73. The lowest BCUT2D eigenvalue weighted by Gasteiger charge is -2.36. The third kappa shape index (κ3) is 4.24. The number of para-hydroxylation sites is 1. The molecule has 1 aliphatic rings. The van der Waals surface area contributed by atoms with Gasteiger partial charge in [0.05, 0.1) is 4.92 Å². The first-order valence-electron chi connectivity index (χ1n) is 8.92. The number of hydrogen-bond acceptors (Lipinski definition) is 6. The number of nitrogens with zero attached hydrogens (tertiary/aromatic N) is 2. The number of benzene rings is 2. The highest BCUT2D eigenvalue weighted by Gasteiger charge is 2.29. The van der Waals surface area contributed by atoms with E-state index in [1.54, 1.807) is 6.07 Å². The summed E-state index contributed by atoms with van der Waals surface area (Å²) in [6.07, 6.45) is 2.60. The third-order valence-electron chi connectivity index (χ3n) is 4.86. The first-order valence-corrected chi connectivity index (χ1v) is 10.8. The second kappa shape index (κ2) is 7.75. The van der Waals surface area contributed by atoms with E-state index in [9.17, 15) is 22.9 Å². The highest BCUT2D eigenvalue weighted by Crippen LogP contribution is 2.33. The highest BCUT2D eigenvalue weighted by molar-refractivity contribution is 7.90. The zero-order chi connectivity index (χ0) is 20.5. The maximum atomic E-state index is 13.4. The number of halogens is 1. The van der Waals surface area contributed by atoms with E-state index in [2.05, 4.69) is 10.2 Å². The minimum Gasteiger partial charge on any atom is -0.375 e. The summed E-state index contributed by atoms with van der Waals surface area (Å²) in [6, 6.07) is 8.79. The van der Waals surface area contributed by atoms with Gasteiger partial charge in [-0.25, -0.2) is 12.8 Å². The molecule has 150 valence electrons. The molecular formula is C19H22FN3O4S. The van der Waals surface area contributed by atoms with Gasteiger partial charge in [0, 0.05) is 31.1 Å². The monoisotopic (exact) mass is 407 g/mol. The van der Waals surface area contributed by atoms with Crippen molar-refractivity contribution in [3.05, 3.63) is 57.9 Å². The smallest absolute Gasteiger partial charge is 0.310 e. The van der Waals surface area contributed by atoms with Crippen LogP contribution in [0.2, 0.25) is 0 Å². The molecule has 1 heterocycles. The molecule has 1 fully saturated rings. The number of nitro groups is 1. The van der Waals surface area contributed by atoms with Gasteiger partial charge in [0.2, 0.25) is 0 Å². The SMILES string of the molecule is Cc1cc(F)ccc1N1CCCC(Nc2cccc(S(C)(=O)=O)c2[N+](=O)[O-])C1. The summed E-state index contributed by atoms with van der Waals surface area (Å²) in [5.74, 6) is -0.291. The molecule has 2 aromatic carbocycles. The minimum absolute atomic E-state index is 0.105. The van der Waals surface area contributed by atoms with Crippen molar-refractivity contribution in [3.8, 4) is 0 Å². The lowest BCUT2D eigenvalue weighted by Crippen LogP contribution is -2.42. The fraction of sp³-hybridized carbons (Fsp3) is 0.368. The van der Waals surface area contributed by atoms with Crippen molar-refractivity contribution in [3.63, 3.8) is 0 Å². The van der Waals surface area contributed by atoms with Gasteiger partial charge in [0.25, 0.3) is 0 Å². The number of aryl methyl sites for hydroxylation is 1. The van der Waals surface area contributed by atoms with Crippen LogP contribution in [0, 0.1) is 22.9 Å². The molecule has 0 aromatic heterocycles. The normalized spacial score (nSPS) is 17.4. The lowest BCUT2D eigenvalue weighted by atomic mass is 10.0. The van der Waals surface area contributed by atoms with E-state index < -0.39 is 20.4 Å². The van der Waals surface area contributed by atoms with Crippen LogP contribution in [0.25, 0.3) is 0 Å². The molecule has 3 rings (SSSR count). The van der Waals surface area contributed by atoms with E-state index in [0.717, 1.165) is 36.9 Å². The van der Waals surface area contributed by atoms with Crippen molar-refractivity contribution in [2.45, 2.75) is 30.7 Å². The number of nitro benzene ring substituents is 1. The molecule has 0 saturated carbocycles. The van der Waals surface area contributed by atoms with Crippen LogP contribution in [0.4, 0.5) is 21.5 Å². The summed E-state index contributed by atoms with van der Waals surface area (Å²) in [7, 11) is -3.73. The average Bonchev–Trinajstić information content (AvgIpc) is 2.61. The summed E-state index contributed by atoms with van der Waals surface area (Å²) in [5, 5.41) is 14.7. The molecule has 0 radical (unpaired) electrons. The molecule has 28 heavy (non-hydrogen) atoms. The average molecular weight is 407 g/mol. The standard InChI is InChI=1S/C19H22FN3O4S/c1-13-11-14(20)8-9-17(13)22-10-4-5-15(12-22)21-16-6-3-7-18(28(2,26)27)19(16)23(24)25/h3,6-9,11,15,21H,4-5,10,12H2,1-2H3. The quantitative estimate of drug-likeness (QED) is 0.602. The molecule has 1 aliphatic heterocycles. The van der Waals surface area contributed by atoms with Gasteiger partial charge in [-0.2, -0.15) is 0 Å². The molecule has 0 spiro atoms. The Morgan fingerprint density at radius 2 is 2.04 bits per heavy atom. The van der Waals surface area contributed by atoms with Gasteiger partial charge < -0.3 is 10.2 Å². The zero-order valence-electron chi connectivity index (χ0n) is 15.7. The molecule has 0 bridgehead atoms. The summed E-state index contributed by atoms with van der Waals surface area (Å²) < 4.78 is 37.3. The molecular weight excluding hydrogens is 385 g/mol. The van der Waals surface area contributed by atoms with Crippen LogP contribution in [0.3, 0.4) is 0 Å². The van der Waals surface area contributed by atoms with Crippen molar-refractivity contribution in [2.75, 3.05) is 29.6 Å². The molecule has 9 heteroatoms. The number of anilines is 2. The number of rotatable bonds is 5. The number of sulfone groups is 1. The lowest BCUT2D eigenvalue weighted by molar-refractivity contribution is -0.386. The summed E-state index contributed by atoms with van der Waals surface area (Å²) in [4.78, 5) is 12.7. The van der Waals surface area contributed by atoms with Gasteiger partial charge in [0.1, 0.15) is 16.4 Å². The van der Waals surface area contributed by atoms with Crippen LogP contribution in [0.15, 0.2) is 41.3 Å². The Labute approximate surface area is 163 Å². The fourth-order valence-electron chi connectivity index (χ4n) is 3.63. The van der Waals surface area contributed by atoms with Crippen LogP contribution in [0.5, 0.6) is 0 Å². The first-order chi connectivity index (χ1) is 13.2. The maximum absolute atomic E-state index is 13.4. The molecule has 2 aromatic rings. The third-order valence-corrected chi connectivity index (χ3v) is 5.99. The summed E-state index contributed by atoms with van der Waals surface area (Å²) >= 11 is 0. The molecule has 1 atom stereocenters. The molecule has 1 saturated heterocycles. The predicted molar refractivity (Wildman–Crippen MR) is 106 cm³/mol. The van der Waals surface area contributed by atoms with E-state index >= 15 is 0 Å². The molecule has 0 aliphatic carbocycles. The molecule has 1 N–H and O–H groups in total. The van der Waals surface area contributed by atoms with Crippen LogP contribution >= 0.6 is 0 Å². The van der Waals surface area contributed by atoms with E-state index in [1.165, 1.54) is 30.3 Å². The molecule has 1 unspecified atom stereocenters. The van der Waals surface area contributed by atoms with Gasteiger partial charge in [-0.3, -0.25) is 10.1 Å².